The summed E-state index contributed by atoms with van der Waals surface area (Å²) in [7, 11) is 0. The monoisotopic (exact) mass is 261 g/mol. The van der Waals surface area contributed by atoms with Gasteiger partial charge in [0.2, 0.25) is 5.91 Å². The Hall–Kier alpha value is -1.91. The van der Waals surface area contributed by atoms with Crippen molar-refractivity contribution in [1.29, 1.82) is 0 Å². The summed E-state index contributed by atoms with van der Waals surface area (Å²) < 4.78 is 5.69. The van der Waals surface area contributed by atoms with Crippen LogP contribution in [0.4, 0.5) is 0 Å². The van der Waals surface area contributed by atoms with E-state index in [1.807, 2.05) is 4.90 Å². The van der Waals surface area contributed by atoms with Gasteiger partial charge in [0.25, 0.3) is 0 Å². The van der Waals surface area contributed by atoms with Crippen LogP contribution >= 0.6 is 0 Å². The summed E-state index contributed by atoms with van der Waals surface area (Å²) in [5.74, 6) is 0.203. The molecule has 0 bridgehead atoms. The van der Waals surface area contributed by atoms with E-state index in [4.69, 9.17) is 4.74 Å². The second kappa shape index (κ2) is 6.87. The summed E-state index contributed by atoms with van der Waals surface area (Å²) in [6.45, 7) is 5.12. The van der Waals surface area contributed by atoms with Gasteiger partial charge in [-0.25, -0.2) is 9.97 Å². The maximum absolute atomic E-state index is 11.8. The molecule has 0 atom stereocenters. The summed E-state index contributed by atoms with van der Waals surface area (Å²) in [5.41, 5.74) is 0. The summed E-state index contributed by atoms with van der Waals surface area (Å²) in [5, 5.41) is 0. The number of hydrogen-bond acceptors (Lipinski definition) is 4. The molecule has 5 nitrogen and oxygen atoms in total. The minimum absolute atomic E-state index is 0.103. The molecule has 0 radical (unpaired) electrons. The maximum atomic E-state index is 11.8. The highest BCUT2D eigenvalue weighted by molar-refractivity contribution is 5.76. The van der Waals surface area contributed by atoms with Gasteiger partial charge in [-0.3, -0.25) is 4.79 Å². The van der Waals surface area contributed by atoms with E-state index in [0.717, 1.165) is 32.4 Å². The highest BCUT2D eigenvalue weighted by Crippen LogP contribution is 2.16. The molecule has 0 unspecified atom stereocenters. The van der Waals surface area contributed by atoms with Crippen LogP contribution in [0, 0.1) is 0 Å². The molecule has 1 aliphatic heterocycles. The smallest absolute Gasteiger partial charge is 0.316 e. The van der Waals surface area contributed by atoms with E-state index in [2.05, 4.69) is 16.5 Å². The summed E-state index contributed by atoms with van der Waals surface area (Å²) >= 11 is 0. The van der Waals surface area contributed by atoms with Crippen LogP contribution in [0.2, 0.25) is 0 Å². The van der Waals surface area contributed by atoms with Crippen LogP contribution in [0.15, 0.2) is 31.1 Å². The Balaban J connectivity index is 1.76. The molecule has 19 heavy (non-hydrogen) atoms. The molecule has 1 fully saturated rings. The first-order chi connectivity index (χ1) is 9.29. The summed E-state index contributed by atoms with van der Waals surface area (Å²) in [4.78, 5) is 21.8. The van der Waals surface area contributed by atoms with Gasteiger partial charge in [-0.1, -0.05) is 6.08 Å². The van der Waals surface area contributed by atoms with Gasteiger partial charge in [-0.15, -0.1) is 6.58 Å². The zero-order chi connectivity index (χ0) is 13.5. The van der Waals surface area contributed by atoms with Gasteiger partial charge in [0, 0.05) is 44.7 Å². The molecule has 0 aliphatic carbocycles. The van der Waals surface area contributed by atoms with Crippen molar-refractivity contribution in [2.24, 2.45) is 0 Å². The minimum atomic E-state index is 0.103. The van der Waals surface area contributed by atoms with E-state index in [9.17, 15) is 4.79 Å². The van der Waals surface area contributed by atoms with Gasteiger partial charge in [-0.2, -0.15) is 0 Å². The SMILES string of the molecule is C=CCCC(=O)N1CCC(Oc2ncccn2)CC1. The number of allylic oxidation sites excluding steroid dienone is 1. The number of aromatic nitrogens is 2. The Kier molecular flexibility index (Phi) is 4.89. The Morgan fingerprint density at radius 2 is 2.11 bits per heavy atom. The van der Waals surface area contributed by atoms with Gasteiger partial charge < -0.3 is 9.64 Å². The zero-order valence-electron chi connectivity index (χ0n) is 11.0. The number of amides is 1. The molecular formula is C14H19N3O2. The molecule has 0 N–H and O–H groups in total. The fourth-order valence-electron chi connectivity index (χ4n) is 2.10. The Morgan fingerprint density at radius 3 is 2.74 bits per heavy atom. The van der Waals surface area contributed by atoms with Gasteiger partial charge >= 0.3 is 6.01 Å². The number of rotatable bonds is 5. The number of hydrogen-bond donors (Lipinski definition) is 0. The van der Waals surface area contributed by atoms with E-state index >= 15 is 0 Å². The maximum Gasteiger partial charge on any atom is 0.316 e. The van der Waals surface area contributed by atoms with Gasteiger partial charge in [0.1, 0.15) is 6.10 Å². The number of carbonyl (C=O) groups excluding carboxylic acids is 1. The van der Waals surface area contributed by atoms with Crippen LogP contribution in [-0.2, 0) is 4.79 Å². The highest BCUT2D eigenvalue weighted by Gasteiger charge is 2.23. The van der Waals surface area contributed by atoms with Gasteiger partial charge in [0.15, 0.2) is 0 Å². The minimum Gasteiger partial charge on any atom is -0.460 e. The zero-order valence-corrected chi connectivity index (χ0v) is 11.0. The Bertz CT molecular complexity index is 414. The highest BCUT2D eigenvalue weighted by atomic mass is 16.5. The number of nitrogens with zero attached hydrogens (tertiary/aromatic N) is 3. The average molecular weight is 261 g/mol. The standard InChI is InChI=1S/C14H19N3O2/c1-2-3-5-13(18)17-10-6-12(7-11-17)19-14-15-8-4-9-16-14/h2,4,8-9,12H,1,3,5-7,10-11H2. The van der Waals surface area contributed by atoms with Crippen molar-refractivity contribution in [2.75, 3.05) is 13.1 Å². The molecule has 0 spiro atoms. The third-order valence-corrected chi connectivity index (χ3v) is 3.17. The lowest BCUT2D eigenvalue weighted by Gasteiger charge is -2.31. The number of ether oxygens (including phenoxy) is 1. The van der Waals surface area contributed by atoms with E-state index in [1.165, 1.54) is 0 Å². The van der Waals surface area contributed by atoms with Gasteiger partial charge in [-0.05, 0) is 12.5 Å². The van der Waals surface area contributed by atoms with Crippen molar-refractivity contribution in [2.45, 2.75) is 31.8 Å². The predicted octanol–water partition coefficient (Wildman–Crippen LogP) is 1.81. The van der Waals surface area contributed by atoms with E-state index in [-0.39, 0.29) is 12.0 Å². The molecule has 1 saturated heterocycles. The molecule has 2 rings (SSSR count). The van der Waals surface area contributed by atoms with Crippen LogP contribution < -0.4 is 4.74 Å². The number of carbonyl (C=O) groups is 1. The molecule has 1 amide bonds. The van der Waals surface area contributed by atoms with Crippen molar-refractivity contribution in [3.63, 3.8) is 0 Å². The van der Waals surface area contributed by atoms with Crippen molar-refractivity contribution in [3.05, 3.63) is 31.1 Å². The fraction of sp³-hybridized carbons (Fsp3) is 0.500. The van der Waals surface area contributed by atoms with Crippen LogP contribution in [0.5, 0.6) is 6.01 Å². The molecular weight excluding hydrogens is 242 g/mol. The van der Waals surface area contributed by atoms with Crippen molar-refractivity contribution in [3.8, 4) is 6.01 Å². The lowest BCUT2D eigenvalue weighted by atomic mass is 10.1. The van der Waals surface area contributed by atoms with Crippen LogP contribution in [0.25, 0.3) is 0 Å². The second-order valence-electron chi connectivity index (χ2n) is 4.56. The predicted molar refractivity (Wildman–Crippen MR) is 71.7 cm³/mol. The normalized spacial score (nSPS) is 16.1. The largest absolute Gasteiger partial charge is 0.460 e. The average Bonchev–Trinajstić information content (AvgIpc) is 2.46. The fourth-order valence-corrected chi connectivity index (χ4v) is 2.10. The second-order valence-corrected chi connectivity index (χ2v) is 4.56. The first-order valence-corrected chi connectivity index (χ1v) is 6.62. The van der Waals surface area contributed by atoms with E-state index < -0.39 is 0 Å². The number of likely N-dealkylation sites (tertiary alicyclic amines) is 1. The Morgan fingerprint density at radius 1 is 1.42 bits per heavy atom. The molecule has 102 valence electrons. The van der Waals surface area contributed by atoms with E-state index in [0.29, 0.717) is 12.4 Å². The molecule has 1 aliphatic rings. The van der Waals surface area contributed by atoms with Crippen LogP contribution in [0.1, 0.15) is 25.7 Å². The van der Waals surface area contributed by atoms with E-state index in [1.54, 1.807) is 24.5 Å². The van der Waals surface area contributed by atoms with Crippen LogP contribution in [0.3, 0.4) is 0 Å². The van der Waals surface area contributed by atoms with Crippen molar-refractivity contribution in [1.82, 2.24) is 14.9 Å². The molecule has 0 saturated carbocycles. The van der Waals surface area contributed by atoms with Crippen molar-refractivity contribution < 1.29 is 9.53 Å². The molecule has 1 aromatic heterocycles. The summed E-state index contributed by atoms with van der Waals surface area (Å²) in [6, 6.07) is 2.17. The third kappa shape index (κ3) is 4.05. The molecule has 0 aromatic carbocycles. The Labute approximate surface area is 113 Å². The third-order valence-electron chi connectivity index (χ3n) is 3.17. The first kappa shape index (κ1) is 13.5. The summed E-state index contributed by atoms with van der Waals surface area (Å²) in [6.07, 6.45) is 8.17. The van der Waals surface area contributed by atoms with Gasteiger partial charge in [0.05, 0.1) is 0 Å². The lowest BCUT2D eigenvalue weighted by molar-refractivity contribution is -0.132. The molecule has 2 heterocycles. The molecule has 5 heteroatoms. The quantitative estimate of drug-likeness (QED) is 0.759. The lowest BCUT2D eigenvalue weighted by Crippen LogP contribution is -2.41. The number of piperidine rings is 1. The first-order valence-electron chi connectivity index (χ1n) is 6.62. The topological polar surface area (TPSA) is 55.3 Å². The van der Waals surface area contributed by atoms with Crippen molar-refractivity contribution >= 4 is 5.91 Å². The van der Waals surface area contributed by atoms with Crippen LogP contribution in [-0.4, -0.2) is 40.0 Å². The molecule has 1 aromatic rings.